The maximum Gasteiger partial charge on any atom is 0.407 e. The molecule has 5 atom stereocenters. The molecule has 1 aliphatic rings. The second-order valence-corrected chi connectivity index (χ2v) is 16.2. The topological polar surface area (TPSA) is 158 Å². The number of alkyl carbamates (subject to hydrolysis) is 1. The lowest BCUT2D eigenvalue weighted by molar-refractivity contribution is -0.255. The Morgan fingerprint density at radius 2 is 1.09 bits per heavy atom. The van der Waals surface area contributed by atoms with Gasteiger partial charge in [-0.3, -0.25) is 9.59 Å². The Hall–Kier alpha value is -2.73. The quantitative estimate of drug-likeness (QED) is 0.0433. The van der Waals surface area contributed by atoms with Crippen LogP contribution < -0.4 is 10.6 Å². The zero-order chi connectivity index (χ0) is 41.4. The van der Waals surface area contributed by atoms with Crippen molar-refractivity contribution in [2.75, 3.05) is 19.6 Å². The number of nitrogens with zero attached hydrogens (tertiary/aromatic N) is 1. The van der Waals surface area contributed by atoms with Gasteiger partial charge in [0.05, 0.1) is 6.54 Å². The maximum atomic E-state index is 13.7. The number of carbonyl (C=O) groups excluding carboxylic acids is 3. The van der Waals surface area contributed by atoms with Gasteiger partial charge in [-0.05, 0) is 18.4 Å². The normalized spacial score (nSPS) is 19.3. The van der Waals surface area contributed by atoms with Crippen molar-refractivity contribution in [1.82, 2.24) is 15.5 Å². The number of ether oxygens (including phenoxy) is 2. The molecule has 0 spiro atoms. The van der Waals surface area contributed by atoms with E-state index >= 15 is 0 Å². The number of aliphatic hydroxyl groups excluding tert-OH is 3. The van der Waals surface area contributed by atoms with Gasteiger partial charge in [0.25, 0.3) is 0 Å². The van der Waals surface area contributed by atoms with E-state index in [2.05, 4.69) is 24.5 Å². The maximum absolute atomic E-state index is 13.7. The summed E-state index contributed by atoms with van der Waals surface area (Å²) in [4.78, 5) is 39.9. The largest absolute Gasteiger partial charge is 0.445 e. The van der Waals surface area contributed by atoms with Gasteiger partial charge in [0.15, 0.2) is 6.23 Å². The third-order valence-electron chi connectivity index (χ3n) is 11.2. The molecule has 1 aromatic carbocycles. The number of carbonyl (C=O) groups is 3. The van der Waals surface area contributed by atoms with Crippen LogP contribution >= 0.6 is 0 Å². The first kappa shape index (κ1) is 50.4. The second-order valence-electron chi connectivity index (χ2n) is 16.2. The smallest absolute Gasteiger partial charge is 0.407 e. The molecular formula is C46H81N3O8. The monoisotopic (exact) mass is 804 g/mol. The van der Waals surface area contributed by atoms with E-state index in [1.807, 2.05) is 30.3 Å². The third-order valence-corrected chi connectivity index (χ3v) is 11.2. The first-order chi connectivity index (χ1) is 27.8. The molecule has 0 unspecified atom stereocenters. The fourth-order valence-electron chi connectivity index (χ4n) is 7.52. The number of benzene rings is 1. The second kappa shape index (κ2) is 33.1. The molecule has 0 radical (unpaired) electrons. The van der Waals surface area contributed by atoms with Gasteiger partial charge in [0, 0.05) is 19.5 Å². The van der Waals surface area contributed by atoms with E-state index in [9.17, 15) is 29.7 Å². The fraction of sp³-hybridized carbons (Fsp3) is 0.804. The summed E-state index contributed by atoms with van der Waals surface area (Å²) in [5, 5.41) is 37.8. The Balaban J connectivity index is 1.82. The zero-order valence-electron chi connectivity index (χ0n) is 35.8. The van der Waals surface area contributed by atoms with Crippen molar-refractivity contribution in [3.63, 3.8) is 0 Å². The van der Waals surface area contributed by atoms with E-state index in [-0.39, 0.29) is 25.6 Å². The van der Waals surface area contributed by atoms with Crippen molar-refractivity contribution in [2.45, 2.75) is 218 Å². The zero-order valence-corrected chi connectivity index (χ0v) is 35.8. The Morgan fingerprint density at radius 1 is 0.614 bits per heavy atom. The number of aliphatic hydroxyl groups is 3. The highest BCUT2D eigenvalue weighted by Crippen LogP contribution is 2.26. The van der Waals surface area contributed by atoms with Gasteiger partial charge >= 0.3 is 6.09 Å². The van der Waals surface area contributed by atoms with Crippen LogP contribution in [0.25, 0.3) is 0 Å². The molecule has 0 bridgehead atoms. The molecule has 2 rings (SSSR count). The van der Waals surface area contributed by atoms with Crippen LogP contribution in [0.5, 0.6) is 0 Å². The summed E-state index contributed by atoms with van der Waals surface area (Å²) in [6, 6.07) is 9.17. The van der Waals surface area contributed by atoms with E-state index in [4.69, 9.17) is 9.47 Å². The Morgan fingerprint density at radius 3 is 1.60 bits per heavy atom. The van der Waals surface area contributed by atoms with E-state index in [0.717, 1.165) is 56.9 Å². The number of unbranched alkanes of at least 4 members (excludes halogenated alkanes) is 23. The van der Waals surface area contributed by atoms with Gasteiger partial charge in [-0.2, -0.15) is 0 Å². The lowest BCUT2D eigenvalue weighted by Gasteiger charge is -2.45. The molecule has 0 aromatic heterocycles. The number of amides is 3. The molecule has 0 saturated carbocycles. The minimum Gasteiger partial charge on any atom is -0.445 e. The number of rotatable bonds is 34. The van der Waals surface area contributed by atoms with Crippen LogP contribution in [0.3, 0.4) is 0 Å². The lowest BCUT2D eigenvalue weighted by Crippen LogP contribution is -2.65. The average molecular weight is 804 g/mol. The molecular weight excluding hydrogens is 723 g/mol. The van der Waals surface area contributed by atoms with Gasteiger partial charge in [-0.25, -0.2) is 4.79 Å². The van der Waals surface area contributed by atoms with Gasteiger partial charge in [0.1, 0.15) is 31.0 Å². The molecule has 1 heterocycles. The molecule has 0 aliphatic carbocycles. The van der Waals surface area contributed by atoms with Crippen molar-refractivity contribution >= 4 is 17.9 Å². The standard InChI is InChI=1S/C46H81N3O8/c1-3-5-7-9-11-13-14-15-16-17-18-19-21-23-25-30-34-49(41(51)33-29-24-22-20-12-10-8-6-4-2)45-44(54)43(53)42(52)39(57-45)35-47-40(50)36-48-46(55)56-37-38-31-27-26-28-32-38/h26-28,31-32,39,42-45,52-54H,3-25,29-30,33-37H2,1-2H3,(H,47,50)(H,48,55)/t39-,42-,43+,44-,45-/m1/s1. The van der Waals surface area contributed by atoms with Crippen molar-refractivity contribution in [2.24, 2.45) is 0 Å². The van der Waals surface area contributed by atoms with Crippen molar-refractivity contribution in [3.05, 3.63) is 35.9 Å². The highest BCUT2D eigenvalue weighted by Gasteiger charge is 2.46. The predicted molar refractivity (Wildman–Crippen MR) is 227 cm³/mol. The van der Waals surface area contributed by atoms with E-state index in [0.29, 0.717) is 13.0 Å². The molecule has 1 aliphatic heterocycles. The van der Waals surface area contributed by atoms with Crippen LogP contribution in [0.4, 0.5) is 4.79 Å². The van der Waals surface area contributed by atoms with Crippen LogP contribution in [0.15, 0.2) is 30.3 Å². The predicted octanol–water partition coefficient (Wildman–Crippen LogP) is 8.85. The summed E-state index contributed by atoms with van der Waals surface area (Å²) in [6.45, 7) is 4.35. The average Bonchev–Trinajstić information content (AvgIpc) is 3.22. The van der Waals surface area contributed by atoms with Crippen molar-refractivity contribution < 1.29 is 39.2 Å². The molecule has 11 heteroatoms. The van der Waals surface area contributed by atoms with Gasteiger partial charge in [-0.1, -0.05) is 192 Å². The van der Waals surface area contributed by atoms with Crippen LogP contribution in [0.2, 0.25) is 0 Å². The van der Waals surface area contributed by atoms with Gasteiger partial charge in [0.2, 0.25) is 11.8 Å². The Kier molecular flexibility index (Phi) is 29.3. The molecule has 11 nitrogen and oxygen atoms in total. The summed E-state index contributed by atoms with van der Waals surface area (Å²) in [7, 11) is 0. The SMILES string of the molecule is CCCCCCCCCCCCCCCCCCN(C(=O)CCCCCCCCCCC)[C@@H]1O[C@H](CNC(=O)CNC(=O)OCc2ccccc2)[C@@H](O)[C@H](O)[C@H]1O. The van der Waals surface area contributed by atoms with Gasteiger partial charge in [-0.15, -0.1) is 0 Å². The summed E-state index contributed by atoms with van der Waals surface area (Å²) < 4.78 is 11.3. The number of hydrogen-bond donors (Lipinski definition) is 5. The highest BCUT2D eigenvalue weighted by atomic mass is 16.6. The van der Waals surface area contributed by atoms with Crippen LogP contribution in [0, 0.1) is 0 Å². The summed E-state index contributed by atoms with van der Waals surface area (Å²) in [5.41, 5.74) is 0.811. The van der Waals surface area contributed by atoms with E-state index in [1.165, 1.54) is 114 Å². The minimum atomic E-state index is -1.58. The van der Waals surface area contributed by atoms with E-state index in [1.54, 1.807) is 0 Å². The molecule has 1 saturated heterocycles. The van der Waals surface area contributed by atoms with E-state index < -0.39 is 42.6 Å². The van der Waals surface area contributed by atoms with Crippen LogP contribution in [-0.2, 0) is 25.7 Å². The highest BCUT2D eigenvalue weighted by molar-refractivity contribution is 5.82. The van der Waals surface area contributed by atoms with Crippen molar-refractivity contribution in [3.8, 4) is 0 Å². The molecule has 57 heavy (non-hydrogen) atoms. The number of nitrogens with one attached hydrogen (secondary N) is 2. The molecule has 1 fully saturated rings. The third kappa shape index (κ3) is 23.5. The number of hydrogen-bond acceptors (Lipinski definition) is 8. The first-order valence-electron chi connectivity index (χ1n) is 23.0. The van der Waals surface area contributed by atoms with Crippen LogP contribution in [-0.4, -0.2) is 88.4 Å². The van der Waals surface area contributed by atoms with Crippen molar-refractivity contribution in [1.29, 1.82) is 0 Å². The molecule has 3 amide bonds. The first-order valence-corrected chi connectivity index (χ1v) is 23.0. The molecule has 1 aromatic rings. The Labute approximate surface area is 345 Å². The summed E-state index contributed by atoms with van der Waals surface area (Å²) in [5.74, 6) is -0.696. The lowest BCUT2D eigenvalue weighted by atomic mass is 9.96. The van der Waals surface area contributed by atoms with Gasteiger partial charge < -0.3 is 40.3 Å². The minimum absolute atomic E-state index is 0.0613. The molecule has 328 valence electrons. The van der Waals surface area contributed by atoms with Crippen LogP contribution in [0.1, 0.15) is 186 Å². The summed E-state index contributed by atoms with van der Waals surface area (Å²) >= 11 is 0. The molecule has 5 N–H and O–H groups in total. The fourth-order valence-corrected chi connectivity index (χ4v) is 7.52. The summed E-state index contributed by atoms with van der Waals surface area (Å²) in [6.07, 6.45) is 22.8. The Bertz CT molecular complexity index is 1160.